The molecule has 0 aromatic carbocycles. The zero-order valence-electron chi connectivity index (χ0n) is 11.9. The van der Waals surface area contributed by atoms with E-state index in [1.807, 2.05) is 19.2 Å². The van der Waals surface area contributed by atoms with Crippen molar-refractivity contribution in [1.29, 1.82) is 0 Å². The number of nitrogens with one attached hydrogen (secondary N) is 1. The lowest BCUT2D eigenvalue weighted by Crippen LogP contribution is -2.17. The zero-order chi connectivity index (χ0) is 13.9. The lowest BCUT2D eigenvalue weighted by atomic mass is 9.96. The molecule has 2 heterocycles. The SMILES string of the molecule is Cc1nc(CCNc2ccnc(C(C)(C)C)n2)cs1. The van der Waals surface area contributed by atoms with Gasteiger partial charge in [-0.25, -0.2) is 15.0 Å². The van der Waals surface area contributed by atoms with E-state index in [0.717, 1.165) is 35.3 Å². The van der Waals surface area contributed by atoms with Crippen molar-refractivity contribution in [2.24, 2.45) is 0 Å². The standard InChI is InChI=1S/C14H20N4S/c1-10-17-11(9-19-10)5-7-15-12-6-8-16-13(18-12)14(2,3)4/h6,8-9H,5,7H2,1-4H3,(H,15,16,18). The molecule has 0 unspecified atom stereocenters. The van der Waals surface area contributed by atoms with E-state index in [-0.39, 0.29) is 5.41 Å². The fourth-order valence-corrected chi connectivity index (χ4v) is 2.31. The van der Waals surface area contributed by atoms with Crippen LogP contribution in [0.15, 0.2) is 17.6 Å². The van der Waals surface area contributed by atoms with Gasteiger partial charge in [0.05, 0.1) is 10.7 Å². The number of aryl methyl sites for hydroxylation is 1. The summed E-state index contributed by atoms with van der Waals surface area (Å²) in [7, 11) is 0. The fourth-order valence-electron chi connectivity index (χ4n) is 1.66. The molecule has 0 spiro atoms. The molecule has 0 aliphatic heterocycles. The third-order valence-corrected chi connectivity index (χ3v) is 3.50. The van der Waals surface area contributed by atoms with Gasteiger partial charge in [0.15, 0.2) is 0 Å². The molecule has 2 aromatic heterocycles. The highest BCUT2D eigenvalue weighted by Gasteiger charge is 2.17. The minimum absolute atomic E-state index is 0.0241. The average molecular weight is 276 g/mol. The second-order valence-electron chi connectivity index (χ2n) is 5.55. The summed E-state index contributed by atoms with van der Waals surface area (Å²) in [5, 5.41) is 6.55. The van der Waals surface area contributed by atoms with Crippen molar-refractivity contribution in [2.75, 3.05) is 11.9 Å². The Balaban J connectivity index is 1.93. The van der Waals surface area contributed by atoms with Crippen LogP contribution in [0, 0.1) is 6.92 Å². The van der Waals surface area contributed by atoms with Crippen molar-refractivity contribution < 1.29 is 0 Å². The first-order valence-corrected chi connectivity index (χ1v) is 7.31. The average Bonchev–Trinajstić information content (AvgIpc) is 2.74. The Morgan fingerprint density at radius 1 is 1.26 bits per heavy atom. The topological polar surface area (TPSA) is 50.7 Å². The molecule has 0 saturated carbocycles. The monoisotopic (exact) mass is 276 g/mol. The van der Waals surface area contributed by atoms with Gasteiger partial charge < -0.3 is 5.32 Å². The Labute approximate surface area is 118 Å². The van der Waals surface area contributed by atoms with Crippen molar-refractivity contribution in [3.8, 4) is 0 Å². The van der Waals surface area contributed by atoms with Crippen LogP contribution in [0.4, 0.5) is 5.82 Å². The van der Waals surface area contributed by atoms with Crippen LogP contribution >= 0.6 is 11.3 Å². The van der Waals surface area contributed by atoms with Gasteiger partial charge in [0.25, 0.3) is 0 Å². The molecule has 0 amide bonds. The number of anilines is 1. The Hall–Kier alpha value is -1.49. The van der Waals surface area contributed by atoms with E-state index in [1.54, 1.807) is 11.3 Å². The Kier molecular flexibility index (Phi) is 4.14. The molecule has 0 aliphatic carbocycles. The third-order valence-electron chi connectivity index (χ3n) is 2.68. The summed E-state index contributed by atoms with van der Waals surface area (Å²) in [6, 6.07) is 1.90. The molecule has 2 rings (SSSR count). The number of hydrogen-bond donors (Lipinski definition) is 1. The van der Waals surface area contributed by atoms with Gasteiger partial charge in [0, 0.05) is 30.0 Å². The molecule has 19 heavy (non-hydrogen) atoms. The summed E-state index contributed by atoms with van der Waals surface area (Å²) in [5.41, 5.74) is 1.11. The minimum atomic E-state index is -0.0241. The van der Waals surface area contributed by atoms with E-state index in [9.17, 15) is 0 Å². The summed E-state index contributed by atoms with van der Waals surface area (Å²) in [5.74, 6) is 1.74. The van der Waals surface area contributed by atoms with Gasteiger partial charge in [-0.1, -0.05) is 20.8 Å². The predicted molar refractivity (Wildman–Crippen MR) is 79.8 cm³/mol. The van der Waals surface area contributed by atoms with Crippen LogP contribution < -0.4 is 5.32 Å². The lowest BCUT2D eigenvalue weighted by molar-refractivity contribution is 0.546. The summed E-state index contributed by atoms with van der Waals surface area (Å²) in [6.45, 7) is 9.21. The van der Waals surface area contributed by atoms with Crippen molar-refractivity contribution in [3.05, 3.63) is 34.2 Å². The molecular formula is C14H20N4S. The Morgan fingerprint density at radius 2 is 2.05 bits per heavy atom. The van der Waals surface area contributed by atoms with Gasteiger partial charge in [0.2, 0.25) is 0 Å². The van der Waals surface area contributed by atoms with Crippen molar-refractivity contribution in [2.45, 2.75) is 39.5 Å². The third kappa shape index (κ3) is 3.99. The first-order chi connectivity index (χ1) is 8.95. The molecule has 0 fully saturated rings. The molecule has 0 aliphatic rings. The Morgan fingerprint density at radius 3 is 2.68 bits per heavy atom. The molecule has 0 radical (unpaired) electrons. The van der Waals surface area contributed by atoms with E-state index in [2.05, 4.69) is 46.4 Å². The first kappa shape index (κ1) is 13.9. The van der Waals surface area contributed by atoms with Gasteiger partial charge in [-0.3, -0.25) is 0 Å². The summed E-state index contributed by atoms with van der Waals surface area (Å²) >= 11 is 1.69. The smallest absolute Gasteiger partial charge is 0.135 e. The second kappa shape index (κ2) is 5.65. The van der Waals surface area contributed by atoms with Gasteiger partial charge in [0.1, 0.15) is 11.6 Å². The quantitative estimate of drug-likeness (QED) is 0.931. The normalized spacial score (nSPS) is 11.6. The van der Waals surface area contributed by atoms with Crippen LogP contribution in [-0.4, -0.2) is 21.5 Å². The highest BCUT2D eigenvalue weighted by Crippen LogP contribution is 2.18. The van der Waals surface area contributed by atoms with E-state index in [4.69, 9.17) is 0 Å². The van der Waals surface area contributed by atoms with E-state index < -0.39 is 0 Å². The molecular weight excluding hydrogens is 256 g/mol. The van der Waals surface area contributed by atoms with Gasteiger partial charge in [-0.15, -0.1) is 11.3 Å². The Bertz CT molecular complexity index is 542. The number of rotatable bonds is 4. The lowest BCUT2D eigenvalue weighted by Gasteiger charge is -2.17. The first-order valence-electron chi connectivity index (χ1n) is 6.43. The van der Waals surface area contributed by atoms with Crippen LogP contribution in [0.1, 0.15) is 37.3 Å². The minimum Gasteiger partial charge on any atom is -0.370 e. The summed E-state index contributed by atoms with van der Waals surface area (Å²) in [4.78, 5) is 13.3. The molecule has 2 aromatic rings. The molecule has 4 nitrogen and oxygen atoms in total. The number of thiazole rings is 1. The maximum absolute atomic E-state index is 4.54. The van der Waals surface area contributed by atoms with E-state index in [0.29, 0.717) is 0 Å². The number of aromatic nitrogens is 3. The fraction of sp³-hybridized carbons (Fsp3) is 0.500. The molecule has 0 saturated heterocycles. The maximum Gasteiger partial charge on any atom is 0.135 e. The highest BCUT2D eigenvalue weighted by molar-refractivity contribution is 7.09. The molecule has 102 valence electrons. The highest BCUT2D eigenvalue weighted by atomic mass is 32.1. The van der Waals surface area contributed by atoms with Crippen molar-refractivity contribution in [1.82, 2.24) is 15.0 Å². The number of nitrogens with zero attached hydrogens (tertiary/aromatic N) is 3. The van der Waals surface area contributed by atoms with Gasteiger partial charge in [-0.2, -0.15) is 0 Å². The largest absolute Gasteiger partial charge is 0.370 e. The van der Waals surface area contributed by atoms with Crippen LogP contribution in [0.2, 0.25) is 0 Å². The van der Waals surface area contributed by atoms with E-state index >= 15 is 0 Å². The van der Waals surface area contributed by atoms with Crippen LogP contribution in [-0.2, 0) is 11.8 Å². The number of hydrogen-bond acceptors (Lipinski definition) is 5. The molecule has 5 heteroatoms. The molecule has 0 atom stereocenters. The van der Waals surface area contributed by atoms with Crippen LogP contribution in [0.25, 0.3) is 0 Å². The van der Waals surface area contributed by atoms with E-state index in [1.165, 1.54) is 0 Å². The summed E-state index contributed by atoms with van der Waals surface area (Å²) < 4.78 is 0. The van der Waals surface area contributed by atoms with Gasteiger partial charge in [-0.05, 0) is 13.0 Å². The molecule has 0 bridgehead atoms. The zero-order valence-corrected chi connectivity index (χ0v) is 12.7. The van der Waals surface area contributed by atoms with Crippen molar-refractivity contribution in [3.63, 3.8) is 0 Å². The maximum atomic E-state index is 4.54. The van der Waals surface area contributed by atoms with Crippen molar-refractivity contribution >= 4 is 17.2 Å². The van der Waals surface area contributed by atoms with Crippen LogP contribution in [0.5, 0.6) is 0 Å². The van der Waals surface area contributed by atoms with Gasteiger partial charge >= 0.3 is 0 Å². The second-order valence-corrected chi connectivity index (χ2v) is 6.61. The predicted octanol–water partition coefficient (Wildman–Crippen LogP) is 3.19. The summed E-state index contributed by atoms with van der Waals surface area (Å²) in [6.07, 6.45) is 2.72. The molecule has 1 N–H and O–H groups in total. The van der Waals surface area contributed by atoms with Crippen LogP contribution in [0.3, 0.4) is 0 Å².